The Bertz CT molecular complexity index is 623. The Morgan fingerprint density at radius 2 is 1.79 bits per heavy atom. The van der Waals surface area contributed by atoms with Crippen LogP contribution in [0.15, 0.2) is 48.5 Å². The molecule has 5 nitrogen and oxygen atoms in total. The summed E-state index contributed by atoms with van der Waals surface area (Å²) >= 11 is 0. The third-order valence-corrected chi connectivity index (χ3v) is 2.68. The average molecular weight is 257 g/mol. The van der Waals surface area contributed by atoms with Crippen LogP contribution in [-0.2, 0) is 0 Å². The molecule has 0 aliphatic carbocycles. The first-order valence-electron chi connectivity index (χ1n) is 5.61. The zero-order valence-electron chi connectivity index (χ0n) is 10.2. The van der Waals surface area contributed by atoms with Crippen molar-refractivity contribution in [2.45, 2.75) is 6.92 Å². The number of nitrogens with zero attached hydrogens (tertiary/aromatic N) is 1. The molecule has 0 unspecified atom stereocenters. The Morgan fingerprint density at radius 1 is 1.11 bits per heavy atom. The Kier molecular flexibility index (Phi) is 3.56. The summed E-state index contributed by atoms with van der Waals surface area (Å²) < 4.78 is 5.15. The summed E-state index contributed by atoms with van der Waals surface area (Å²) in [5.41, 5.74) is 0.397. The van der Waals surface area contributed by atoms with Crippen molar-refractivity contribution >= 4 is 11.7 Å². The number of nitro benzene ring substituents is 1. The third-order valence-electron chi connectivity index (χ3n) is 2.68. The molecule has 0 saturated carbocycles. The van der Waals surface area contributed by atoms with Crippen molar-refractivity contribution in [2.24, 2.45) is 0 Å². The number of benzene rings is 2. The van der Waals surface area contributed by atoms with Crippen LogP contribution in [0.3, 0.4) is 0 Å². The van der Waals surface area contributed by atoms with Crippen LogP contribution >= 0.6 is 0 Å². The maximum absolute atomic E-state index is 12.0. The number of rotatable bonds is 3. The van der Waals surface area contributed by atoms with Crippen LogP contribution in [-0.4, -0.2) is 10.9 Å². The van der Waals surface area contributed by atoms with E-state index in [0.717, 1.165) is 0 Å². The first kappa shape index (κ1) is 12.8. The third kappa shape index (κ3) is 2.77. The first-order valence-corrected chi connectivity index (χ1v) is 5.61. The molecule has 0 bridgehead atoms. The summed E-state index contributed by atoms with van der Waals surface area (Å²) in [6, 6.07) is 12.9. The van der Waals surface area contributed by atoms with Crippen molar-refractivity contribution in [2.75, 3.05) is 0 Å². The second-order valence-electron chi connectivity index (χ2n) is 3.91. The molecule has 0 N–H and O–H groups in total. The second-order valence-corrected chi connectivity index (χ2v) is 3.91. The van der Waals surface area contributed by atoms with Gasteiger partial charge in [0.15, 0.2) is 0 Å². The minimum Gasteiger partial charge on any atom is -0.423 e. The number of para-hydroxylation sites is 1. The quantitative estimate of drug-likeness (QED) is 0.366. The molecule has 0 radical (unpaired) electrons. The van der Waals surface area contributed by atoms with Gasteiger partial charge in [-0.05, 0) is 25.1 Å². The molecular weight excluding hydrogens is 246 g/mol. The zero-order chi connectivity index (χ0) is 13.8. The van der Waals surface area contributed by atoms with Crippen LogP contribution in [0.1, 0.15) is 15.9 Å². The Balaban J connectivity index is 2.30. The molecule has 0 aliphatic heterocycles. The van der Waals surface area contributed by atoms with Crippen molar-refractivity contribution in [3.8, 4) is 5.75 Å². The average Bonchev–Trinajstić information content (AvgIpc) is 2.39. The van der Waals surface area contributed by atoms with E-state index in [-0.39, 0.29) is 11.3 Å². The molecule has 0 saturated heterocycles. The van der Waals surface area contributed by atoms with Gasteiger partial charge >= 0.3 is 5.97 Å². The van der Waals surface area contributed by atoms with Gasteiger partial charge < -0.3 is 4.74 Å². The normalized spacial score (nSPS) is 9.95. The summed E-state index contributed by atoms with van der Waals surface area (Å²) in [5.74, 6) is -0.203. The van der Waals surface area contributed by atoms with E-state index < -0.39 is 10.9 Å². The SMILES string of the molecule is Cc1c(C(=O)Oc2ccccc2)cccc1[N+](=O)[O-]. The summed E-state index contributed by atoms with van der Waals surface area (Å²) in [5, 5.41) is 10.8. The highest BCUT2D eigenvalue weighted by Gasteiger charge is 2.19. The van der Waals surface area contributed by atoms with Gasteiger partial charge in [-0.15, -0.1) is 0 Å². The monoisotopic (exact) mass is 257 g/mol. The molecule has 0 aliphatic rings. The maximum atomic E-state index is 12.0. The molecule has 0 amide bonds. The molecule has 2 rings (SSSR count). The van der Waals surface area contributed by atoms with E-state index in [1.54, 1.807) is 30.3 Å². The summed E-state index contributed by atoms with van der Waals surface area (Å²) in [6.07, 6.45) is 0. The standard InChI is InChI=1S/C14H11NO4/c1-10-12(8-5-9-13(10)15(17)18)14(16)19-11-6-3-2-4-7-11/h2-9H,1H3. The van der Waals surface area contributed by atoms with Crippen LogP contribution in [0, 0.1) is 17.0 Å². The van der Waals surface area contributed by atoms with E-state index in [1.165, 1.54) is 25.1 Å². The smallest absolute Gasteiger partial charge is 0.344 e. The molecule has 5 heteroatoms. The molecule has 19 heavy (non-hydrogen) atoms. The van der Waals surface area contributed by atoms with Gasteiger partial charge in [0.05, 0.1) is 10.5 Å². The molecule has 0 aromatic heterocycles. The maximum Gasteiger partial charge on any atom is 0.344 e. The van der Waals surface area contributed by atoms with Gasteiger partial charge in [-0.1, -0.05) is 24.3 Å². The van der Waals surface area contributed by atoms with Gasteiger partial charge in [0, 0.05) is 11.6 Å². The van der Waals surface area contributed by atoms with Crippen LogP contribution < -0.4 is 4.74 Å². The van der Waals surface area contributed by atoms with E-state index >= 15 is 0 Å². The number of hydrogen-bond acceptors (Lipinski definition) is 4. The van der Waals surface area contributed by atoms with Crippen LogP contribution in [0.2, 0.25) is 0 Å². The molecular formula is C14H11NO4. The summed E-state index contributed by atoms with van der Waals surface area (Å²) in [6.45, 7) is 1.53. The highest BCUT2D eigenvalue weighted by molar-refractivity contribution is 5.93. The molecule has 0 heterocycles. The predicted molar refractivity (Wildman–Crippen MR) is 69.2 cm³/mol. The van der Waals surface area contributed by atoms with Crippen molar-refractivity contribution in [3.05, 3.63) is 69.8 Å². The molecule has 0 spiro atoms. The number of ether oxygens (including phenoxy) is 1. The fourth-order valence-corrected chi connectivity index (χ4v) is 1.69. The van der Waals surface area contributed by atoms with Crippen LogP contribution in [0.4, 0.5) is 5.69 Å². The van der Waals surface area contributed by atoms with E-state index in [1.807, 2.05) is 0 Å². The molecule has 0 atom stereocenters. The minimum atomic E-state index is -0.604. The molecule has 2 aromatic rings. The van der Waals surface area contributed by atoms with Crippen molar-refractivity contribution in [3.63, 3.8) is 0 Å². The van der Waals surface area contributed by atoms with Gasteiger partial charge in [-0.2, -0.15) is 0 Å². The Morgan fingerprint density at radius 3 is 2.42 bits per heavy atom. The number of nitro groups is 1. The summed E-state index contributed by atoms with van der Waals surface area (Å²) in [7, 11) is 0. The van der Waals surface area contributed by atoms with Gasteiger partial charge in [0.2, 0.25) is 0 Å². The van der Waals surface area contributed by atoms with Gasteiger partial charge in [-0.25, -0.2) is 4.79 Å². The zero-order valence-corrected chi connectivity index (χ0v) is 10.2. The van der Waals surface area contributed by atoms with E-state index in [0.29, 0.717) is 11.3 Å². The van der Waals surface area contributed by atoms with Gasteiger partial charge in [0.25, 0.3) is 5.69 Å². The van der Waals surface area contributed by atoms with E-state index in [9.17, 15) is 14.9 Å². The fourth-order valence-electron chi connectivity index (χ4n) is 1.69. The lowest BCUT2D eigenvalue weighted by molar-refractivity contribution is -0.385. The summed E-state index contributed by atoms with van der Waals surface area (Å²) in [4.78, 5) is 22.3. The van der Waals surface area contributed by atoms with Gasteiger partial charge in [-0.3, -0.25) is 10.1 Å². The van der Waals surface area contributed by atoms with Crippen molar-refractivity contribution in [1.29, 1.82) is 0 Å². The second kappa shape index (κ2) is 5.30. The fraction of sp³-hybridized carbons (Fsp3) is 0.0714. The van der Waals surface area contributed by atoms with Crippen LogP contribution in [0.25, 0.3) is 0 Å². The topological polar surface area (TPSA) is 69.4 Å². The van der Waals surface area contributed by atoms with E-state index in [4.69, 9.17) is 4.74 Å². The van der Waals surface area contributed by atoms with Gasteiger partial charge in [0.1, 0.15) is 5.75 Å². The largest absolute Gasteiger partial charge is 0.423 e. The Hall–Kier alpha value is -2.69. The molecule has 96 valence electrons. The first-order chi connectivity index (χ1) is 9.09. The number of hydrogen-bond donors (Lipinski definition) is 0. The van der Waals surface area contributed by atoms with Crippen LogP contribution in [0.5, 0.6) is 5.75 Å². The molecule has 0 fully saturated rings. The predicted octanol–water partition coefficient (Wildman–Crippen LogP) is 3.12. The lowest BCUT2D eigenvalue weighted by Crippen LogP contribution is -2.11. The number of carbonyl (C=O) groups excluding carboxylic acids is 1. The Labute approximate surface area is 109 Å². The minimum absolute atomic E-state index is 0.0949. The van der Waals surface area contributed by atoms with Crippen molar-refractivity contribution < 1.29 is 14.5 Å². The highest BCUT2D eigenvalue weighted by atomic mass is 16.6. The van der Waals surface area contributed by atoms with E-state index in [2.05, 4.69) is 0 Å². The number of carbonyl (C=O) groups is 1. The van der Waals surface area contributed by atoms with Crippen molar-refractivity contribution in [1.82, 2.24) is 0 Å². The lowest BCUT2D eigenvalue weighted by atomic mass is 10.1. The highest BCUT2D eigenvalue weighted by Crippen LogP contribution is 2.22. The molecule has 2 aromatic carbocycles. The lowest BCUT2D eigenvalue weighted by Gasteiger charge is -2.06. The number of esters is 1.